The van der Waals surface area contributed by atoms with Gasteiger partial charge in [-0.3, -0.25) is 0 Å². The molecule has 1 aromatic carbocycles. The number of hydrogen-bond donors (Lipinski definition) is 2. The van der Waals surface area contributed by atoms with Gasteiger partial charge < -0.3 is 15.4 Å². The van der Waals surface area contributed by atoms with Crippen molar-refractivity contribution in [2.24, 2.45) is 0 Å². The Bertz CT molecular complexity index is 532. The topological polar surface area (TPSA) is 50.4 Å². The van der Waals surface area contributed by atoms with Crippen molar-refractivity contribution in [3.63, 3.8) is 0 Å². The molecule has 2 atom stereocenters. The Labute approximate surface area is 142 Å². The number of hydrogen-bond acceptors (Lipinski definition) is 3. The summed E-state index contributed by atoms with van der Waals surface area (Å²) in [7, 11) is 0. The summed E-state index contributed by atoms with van der Waals surface area (Å²) in [5.74, 6) is -0.419. The number of carbonyl (C=O) groups is 1. The Morgan fingerprint density at radius 1 is 1.35 bits per heavy atom. The molecule has 1 rings (SSSR count). The fourth-order valence-corrected chi connectivity index (χ4v) is 2.11. The van der Waals surface area contributed by atoms with Crippen molar-refractivity contribution in [2.45, 2.75) is 58.7 Å². The van der Waals surface area contributed by atoms with Crippen LogP contribution in [0.15, 0.2) is 18.2 Å². The zero-order valence-electron chi connectivity index (χ0n) is 14.4. The minimum absolute atomic E-state index is 0.00417. The summed E-state index contributed by atoms with van der Waals surface area (Å²) in [6.07, 6.45) is 0.317. The molecule has 0 aliphatic rings. The number of rotatable bonds is 6. The summed E-state index contributed by atoms with van der Waals surface area (Å²) < 4.78 is 18.7. The van der Waals surface area contributed by atoms with Crippen molar-refractivity contribution in [1.29, 1.82) is 0 Å². The molecular formula is C17H26ClFN2O2. The minimum atomic E-state index is -0.505. The number of benzene rings is 1. The van der Waals surface area contributed by atoms with Crippen LogP contribution in [-0.4, -0.2) is 24.3 Å². The zero-order chi connectivity index (χ0) is 17.6. The van der Waals surface area contributed by atoms with E-state index in [2.05, 4.69) is 10.6 Å². The van der Waals surface area contributed by atoms with Gasteiger partial charge in [-0.1, -0.05) is 17.7 Å². The van der Waals surface area contributed by atoms with E-state index in [1.54, 1.807) is 12.1 Å². The van der Waals surface area contributed by atoms with Crippen LogP contribution in [0.2, 0.25) is 5.02 Å². The van der Waals surface area contributed by atoms with Crippen molar-refractivity contribution < 1.29 is 13.9 Å². The van der Waals surface area contributed by atoms with Gasteiger partial charge in [-0.2, -0.15) is 0 Å². The first-order valence-electron chi connectivity index (χ1n) is 7.76. The number of amides is 1. The summed E-state index contributed by atoms with van der Waals surface area (Å²) in [5.41, 5.74) is 0.328. The molecule has 2 N–H and O–H groups in total. The van der Waals surface area contributed by atoms with E-state index in [1.165, 1.54) is 6.07 Å². The van der Waals surface area contributed by atoms with Crippen LogP contribution in [0.1, 0.15) is 52.6 Å². The molecule has 2 unspecified atom stereocenters. The fourth-order valence-electron chi connectivity index (χ4n) is 2.00. The predicted octanol–water partition coefficient (Wildman–Crippen LogP) is 4.43. The van der Waals surface area contributed by atoms with Gasteiger partial charge in [0.1, 0.15) is 11.4 Å². The maximum Gasteiger partial charge on any atom is 0.407 e. The lowest BCUT2D eigenvalue weighted by Gasteiger charge is -2.22. The molecule has 6 heteroatoms. The van der Waals surface area contributed by atoms with Gasteiger partial charge in [-0.15, -0.1) is 0 Å². The van der Waals surface area contributed by atoms with Gasteiger partial charge in [0.2, 0.25) is 0 Å². The summed E-state index contributed by atoms with van der Waals surface area (Å²) in [5, 5.41) is 6.21. The van der Waals surface area contributed by atoms with Crippen LogP contribution in [0.3, 0.4) is 0 Å². The van der Waals surface area contributed by atoms with Crippen LogP contribution in [-0.2, 0) is 4.74 Å². The van der Waals surface area contributed by atoms with Gasteiger partial charge in [-0.25, -0.2) is 9.18 Å². The Morgan fingerprint density at radius 2 is 2.00 bits per heavy atom. The minimum Gasteiger partial charge on any atom is -0.444 e. The molecule has 0 bridgehead atoms. The highest BCUT2D eigenvalue weighted by molar-refractivity contribution is 6.30. The average molecular weight is 345 g/mol. The van der Waals surface area contributed by atoms with Crippen molar-refractivity contribution in [1.82, 2.24) is 10.6 Å². The van der Waals surface area contributed by atoms with Crippen molar-refractivity contribution in [3.8, 4) is 0 Å². The molecule has 1 aromatic rings. The monoisotopic (exact) mass is 344 g/mol. The molecular weight excluding hydrogens is 319 g/mol. The van der Waals surface area contributed by atoms with Gasteiger partial charge >= 0.3 is 6.09 Å². The van der Waals surface area contributed by atoms with E-state index in [9.17, 15) is 9.18 Å². The molecule has 0 fully saturated rings. The molecule has 23 heavy (non-hydrogen) atoms. The molecule has 0 aromatic heterocycles. The average Bonchev–Trinajstić information content (AvgIpc) is 2.39. The summed E-state index contributed by atoms with van der Waals surface area (Å²) in [6.45, 7) is 10.0. The Hall–Kier alpha value is -1.33. The molecule has 0 aliphatic carbocycles. The maximum atomic E-state index is 13.4. The van der Waals surface area contributed by atoms with Crippen LogP contribution >= 0.6 is 11.6 Å². The van der Waals surface area contributed by atoms with E-state index in [0.29, 0.717) is 6.54 Å². The summed E-state index contributed by atoms with van der Waals surface area (Å²) in [6, 6.07) is 4.76. The highest BCUT2D eigenvalue weighted by atomic mass is 35.5. The molecule has 0 saturated heterocycles. The Kier molecular flexibility index (Phi) is 7.29. The number of halogens is 2. The van der Waals surface area contributed by atoms with E-state index in [1.807, 2.05) is 34.6 Å². The molecule has 1 amide bonds. The first-order chi connectivity index (χ1) is 10.6. The lowest BCUT2D eigenvalue weighted by molar-refractivity contribution is 0.0506. The smallest absolute Gasteiger partial charge is 0.407 e. The van der Waals surface area contributed by atoms with Crippen molar-refractivity contribution >= 4 is 17.7 Å². The third kappa shape index (κ3) is 7.66. The zero-order valence-corrected chi connectivity index (χ0v) is 15.1. The van der Waals surface area contributed by atoms with Crippen LogP contribution in [0.4, 0.5) is 9.18 Å². The van der Waals surface area contributed by atoms with Gasteiger partial charge in [0.05, 0.1) is 5.02 Å². The van der Waals surface area contributed by atoms with Crippen LogP contribution < -0.4 is 10.6 Å². The second-order valence-electron chi connectivity index (χ2n) is 6.69. The second kappa shape index (κ2) is 8.50. The standard InChI is InChI=1S/C17H26ClFN2O2/c1-11(21-16(22)23-17(3,4)5)8-9-20-12(2)13-6-7-14(18)15(19)10-13/h6-7,10-12,20H,8-9H2,1-5H3,(H,21,22). The number of ether oxygens (including phenoxy) is 1. The van der Waals surface area contributed by atoms with Gasteiger partial charge in [0.15, 0.2) is 0 Å². The highest BCUT2D eigenvalue weighted by Gasteiger charge is 2.17. The molecule has 0 heterocycles. The molecule has 4 nitrogen and oxygen atoms in total. The lowest BCUT2D eigenvalue weighted by atomic mass is 10.1. The lowest BCUT2D eigenvalue weighted by Crippen LogP contribution is -2.39. The SMILES string of the molecule is CC(CCNC(C)c1ccc(Cl)c(F)c1)NC(=O)OC(C)(C)C. The van der Waals surface area contributed by atoms with Gasteiger partial charge in [0.25, 0.3) is 0 Å². The van der Waals surface area contributed by atoms with E-state index in [-0.39, 0.29) is 17.1 Å². The Morgan fingerprint density at radius 3 is 2.57 bits per heavy atom. The largest absolute Gasteiger partial charge is 0.444 e. The molecule has 0 spiro atoms. The maximum absolute atomic E-state index is 13.4. The van der Waals surface area contributed by atoms with Crippen LogP contribution in [0.5, 0.6) is 0 Å². The van der Waals surface area contributed by atoms with Gasteiger partial charge in [0, 0.05) is 12.1 Å². The van der Waals surface area contributed by atoms with E-state index >= 15 is 0 Å². The van der Waals surface area contributed by atoms with Crippen molar-refractivity contribution in [2.75, 3.05) is 6.54 Å². The first-order valence-corrected chi connectivity index (χ1v) is 8.14. The van der Waals surface area contributed by atoms with E-state index < -0.39 is 17.5 Å². The van der Waals surface area contributed by atoms with Crippen LogP contribution in [0.25, 0.3) is 0 Å². The quantitative estimate of drug-likeness (QED) is 0.802. The predicted molar refractivity (Wildman–Crippen MR) is 91.3 cm³/mol. The first kappa shape index (κ1) is 19.7. The van der Waals surface area contributed by atoms with Crippen LogP contribution in [0, 0.1) is 5.82 Å². The summed E-state index contributed by atoms with van der Waals surface area (Å²) in [4.78, 5) is 11.6. The third-order valence-electron chi connectivity index (χ3n) is 3.23. The number of carbonyl (C=O) groups excluding carboxylic acids is 1. The van der Waals surface area contributed by atoms with E-state index in [0.717, 1.165) is 12.0 Å². The molecule has 0 aliphatic heterocycles. The fraction of sp³-hybridized carbons (Fsp3) is 0.588. The molecule has 0 saturated carbocycles. The van der Waals surface area contributed by atoms with E-state index in [4.69, 9.17) is 16.3 Å². The number of nitrogens with one attached hydrogen (secondary N) is 2. The second-order valence-corrected chi connectivity index (χ2v) is 7.09. The van der Waals surface area contributed by atoms with Crippen molar-refractivity contribution in [3.05, 3.63) is 34.6 Å². The summed E-state index contributed by atoms with van der Waals surface area (Å²) >= 11 is 5.68. The third-order valence-corrected chi connectivity index (χ3v) is 3.54. The normalized spacial score (nSPS) is 14.2. The molecule has 130 valence electrons. The van der Waals surface area contributed by atoms with Gasteiger partial charge in [-0.05, 0) is 65.3 Å². The highest BCUT2D eigenvalue weighted by Crippen LogP contribution is 2.20. The number of alkyl carbamates (subject to hydrolysis) is 1. The molecule has 0 radical (unpaired) electrons. The Balaban J connectivity index is 2.35.